The number of piperidine rings is 1. The van der Waals surface area contributed by atoms with Gasteiger partial charge in [-0.25, -0.2) is 14.4 Å². The first-order valence-corrected chi connectivity index (χ1v) is 9.06. The lowest BCUT2D eigenvalue weighted by Gasteiger charge is -2.27. The summed E-state index contributed by atoms with van der Waals surface area (Å²) in [6, 6.07) is -0.334. The van der Waals surface area contributed by atoms with Crippen molar-refractivity contribution in [2.45, 2.75) is 25.1 Å². The standard InChI is InChI=1S/C18H21ClFN5/c19-16-10-24-18-17(25-16)13(9-23-18)12-3-4-14(20)15(6-12)22-8-11-2-1-5-21-7-11/h3-4,6,9-11,14-15,21-22H,1-2,5,7-8H2,(H,23,24). The molecule has 2 aliphatic rings. The van der Waals surface area contributed by atoms with Gasteiger partial charge in [-0.05, 0) is 50.0 Å². The summed E-state index contributed by atoms with van der Waals surface area (Å²) >= 11 is 5.97. The van der Waals surface area contributed by atoms with Gasteiger partial charge in [0.1, 0.15) is 16.8 Å². The SMILES string of the molecule is FC1C=CC(c2c[nH]c3ncc(Cl)nc23)=CC1NCC1CCCNC1. The molecular weight excluding hydrogens is 341 g/mol. The van der Waals surface area contributed by atoms with Gasteiger partial charge in [-0.2, -0.15) is 0 Å². The van der Waals surface area contributed by atoms with Crippen LogP contribution in [-0.2, 0) is 0 Å². The Hall–Kier alpha value is -1.76. The van der Waals surface area contributed by atoms with Crippen molar-refractivity contribution in [3.05, 3.63) is 41.3 Å². The molecule has 1 aliphatic heterocycles. The Balaban J connectivity index is 1.54. The normalized spacial score (nSPS) is 26.8. The van der Waals surface area contributed by atoms with Crippen molar-refractivity contribution in [3.8, 4) is 0 Å². The van der Waals surface area contributed by atoms with Gasteiger partial charge in [-0.1, -0.05) is 23.8 Å². The molecule has 0 aromatic carbocycles. The van der Waals surface area contributed by atoms with Gasteiger partial charge >= 0.3 is 0 Å². The topological polar surface area (TPSA) is 65.6 Å². The zero-order valence-corrected chi connectivity index (χ0v) is 14.6. The molecule has 132 valence electrons. The monoisotopic (exact) mass is 361 g/mol. The van der Waals surface area contributed by atoms with Crippen molar-refractivity contribution in [3.63, 3.8) is 0 Å². The van der Waals surface area contributed by atoms with Gasteiger partial charge in [0.25, 0.3) is 0 Å². The molecule has 2 aromatic heterocycles. The van der Waals surface area contributed by atoms with E-state index in [9.17, 15) is 4.39 Å². The summed E-state index contributed by atoms with van der Waals surface area (Å²) in [6.45, 7) is 2.90. The van der Waals surface area contributed by atoms with E-state index in [1.165, 1.54) is 19.0 Å². The minimum Gasteiger partial charge on any atom is -0.344 e. The summed E-state index contributed by atoms with van der Waals surface area (Å²) < 4.78 is 14.3. The molecule has 5 nitrogen and oxygen atoms in total. The summed E-state index contributed by atoms with van der Waals surface area (Å²) in [7, 11) is 0. The number of aromatic nitrogens is 3. The Kier molecular flexibility index (Phi) is 4.83. The predicted molar refractivity (Wildman–Crippen MR) is 98.3 cm³/mol. The number of nitrogens with one attached hydrogen (secondary N) is 3. The molecular formula is C18H21ClFN5. The third-order valence-electron chi connectivity index (χ3n) is 4.87. The van der Waals surface area contributed by atoms with E-state index in [4.69, 9.17) is 11.6 Å². The molecule has 25 heavy (non-hydrogen) atoms. The quantitative estimate of drug-likeness (QED) is 0.783. The Morgan fingerprint density at radius 1 is 1.40 bits per heavy atom. The highest BCUT2D eigenvalue weighted by atomic mass is 35.5. The lowest BCUT2D eigenvalue weighted by Crippen LogP contribution is -2.43. The Morgan fingerprint density at radius 3 is 3.16 bits per heavy atom. The summed E-state index contributed by atoms with van der Waals surface area (Å²) in [5, 5.41) is 7.12. The third-order valence-corrected chi connectivity index (χ3v) is 5.05. The highest BCUT2D eigenvalue weighted by Gasteiger charge is 2.23. The fraction of sp³-hybridized carbons (Fsp3) is 0.444. The van der Waals surface area contributed by atoms with Crippen LogP contribution in [0.15, 0.2) is 30.6 Å². The molecule has 0 amide bonds. The van der Waals surface area contributed by atoms with Crippen LogP contribution in [0.4, 0.5) is 4.39 Å². The fourth-order valence-corrected chi connectivity index (χ4v) is 3.63. The maximum atomic E-state index is 14.3. The number of H-pyrrole nitrogens is 1. The predicted octanol–water partition coefficient (Wildman–Crippen LogP) is 2.86. The number of hydrogen-bond acceptors (Lipinski definition) is 4. The van der Waals surface area contributed by atoms with Crippen LogP contribution in [-0.4, -0.2) is 46.8 Å². The van der Waals surface area contributed by atoms with Crippen molar-refractivity contribution in [2.75, 3.05) is 19.6 Å². The van der Waals surface area contributed by atoms with Gasteiger partial charge in [-0.15, -0.1) is 0 Å². The number of aromatic amines is 1. The van der Waals surface area contributed by atoms with E-state index < -0.39 is 6.17 Å². The smallest absolute Gasteiger partial charge is 0.156 e. The highest BCUT2D eigenvalue weighted by molar-refractivity contribution is 6.29. The zero-order chi connectivity index (χ0) is 17.2. The first kappa shape index (κ1) is 16.7. The second-order valence-corrected chi connectivity index (χ2v) is 7.05. The van der Waals surface area contributed by atoms with E-state index >= 15 is 0 Å². The fourth-order valence-electron chi connectivity index (χ4n) is 3.50. The largest absolute Gasteiger partial charge is 0.344 e. The average Bonchev–Trinajstić information content (AvgIpc) is 3.05. The van der Waals surface area contributed by atoms with Gasteiger partial charge in [-0.3, -0.25) is 0 Å². The lowest BCUT2D eigenvalue weighted by atomic mass is 9.95. The van der Waals surface area contributed by atoms with Crippen LogP contribution in [0.3, 0.4) is 0 Å². The highest BCUT2D eigenvalue weighted by Crippen LogP contribution is 2.28. The van der Waals surface area contributed by atoms with E-state index in [2.05, 4.69) is 25.6 Å². The van der Waals surface area contributed by atoms with Gasteiger partial charge in [0.2, 0.25) is 0 Å². The van der Waals surface area contributed by atoms with E-state index in [0.29, 0.717) is 22.2 Å². The van der Waals surface area contributed by atoms with Gasteiger partial charge in [0.05, 0.1) is 12.2 Å². The first-order valence-electron chi connectivity index (χ1n) is 8.69. The first-order chi connectivity index (χ1) is 12.2. The van der Waals surface area contributed by atoms with Crippen LogP contribution in [0, 0.1) is 5.92 Å². The second-order valence-electron chi connectivity index (χ2n) is 6.66. The summed E-state index contributed by atoms with van der Waals surface area (Å²) in [4.78, 5) is 11.7. The summed E-state index contributed by atoms with van der Waals surface area (Å²) in [5.74, 6) is 0.557. The van der Waals surface area contributed by atoms with Gasteiger partial charge < -0.3 is 15.6 Å². The van der Waals surface area contributed by atoms with E-state index in [-0.39, 0.29) is 6.04 Å². The van der Waals surface area contributed by atoms with Crippen LogP contribution < -0.4 is 10.6 Å². The van der Waals surface area contributed by atoms with Crippen molar-refractivity contribution >= 4 is 28.3 Å². The molecule has 1 saturated heterocycles. The number of fused-ring (bicyclic) bond motifs is 1. The lowest BCUT2D eigenvalue weighted by molar-refractivity contribution is 0.298. The molecule has 0 bridgehead atoms. The van der Waals surface area contributed by atoms with E-state index in [0.717, 1.165) is 30.8 Å². The number of hydrogen-bond donors (Lipinski definition) is 3. The van der Waals surface area contributed by atoms with Gasteiger partial charge in [0.15, 0.2) is 5.65 Å². The average molecular weight is 362 g/mol. The molecule has 3 heterocycles. The molecule has 3 unspecified atom stereocenters. The molecule has 3 atom stereocenters. The molecule has 0 spiro atoms. The number of rotatable bonds is 4. The maximum absolute atomic E-state index is 14.3. The Morgan fingerprint density at radius 2 is 2.32 bits per heavy atom. The molecule has 1 fully saturated rings. The molecule has 0 radical (unpaired) electrons. The van der Waals surface area contributed by atoms with Crippen LogP contribution in [0.1, 0.15) is 18.4 Å². The molecule has 1 aliphatic carbocycles. The minimum absolute atomic E-state index is 0.334. The second kappa shape index (κ2) is 7.23. The van der Waals surface area contributed by atoms with Crippen LogP contribution in [0.25, 0.3) is 16.7 Å². The number of allylic oxidation sites excluding steroid dienone is 2. The Labute approximate surface area is 150 Å². The van der Waals surface area contributed by atoms with Crippen molar-refractivity contribution in [1.82, 2.24) is 25.6 Å². The van der Waals surface area contributed by atoms with Gasteiger partial charge in [0, 0.05) is 11.8 Å². The molecule has 0 saturated carbocycles. The van der Waals surface area contributed by atoms with Crippen molar-refractivity contribution in [1.29, 1.82) is 0 Å². The Bertz CT molecular complexity index is 809. The molecule has 4 rings (SSSR count). The van der Waals surface area contributed by atoms with E-state index in [1.807, 2.05) is 12.3 Å². The van der Waals surface area contributed by atoms with Crippen molar-refractivity contribution < 1.29 is 4.39 Å². The number of alkyl halides is 1. The zero-order valence-electron chi connectivity index (χ0n) is 13.8. The van der Waals surface area contributed by atoms with Crippen LogP contribution in [0.2, 0.25) is 5.15 Å². The number of nitrogens with zero attached hydrogens (tertiary/aromatic N) is 2. The molecule has 7 heteroatoms. The van der Waals surface area contributed by atoms with Crippen LogP contribution in [0.5, 0.6) is 0 Å². The van der Waals surface area contributed by atoms with Crippen molar-refractivity contribution in [2.24, 2.45) is 5.92 Å². The minimum atomic E-state index is -1.03. The summed E-state index contributed by atoms with van der Waals surface area (Å²) in [6.07, 6.45) is 10.0. The maximum Gasteiger partial charge on any atom is 0.156 e. The van der Waals surface area contributed by atoms with E-state index in [1.54, 1.807) is 12.2 Å². The molecule has 3 N–H and O–H groups in total. The summed E-state index contributed by atoms with van der Waals surface area (Å²) in [5.41, 5.74) is 3.19. The number of halogens is 2. The molecule has 2 aromatic rings. The third kappa shape index (κ3) is 3.61. The van der Waals surface area contributed by atoms with Crippen LogP contribution >= 0.6 is 11.6 Å².